The maximum absolute atomic E-state index is 13.4. The van der Waals surface area contributed by atoms with Gasteiger partial charge in [0.05, 0.1) is 11.4 Å². The molecule has 1 fully saturated rings. The molecule has 1 saturated heterocycles. The monoisotopic (exact) mass is 280 g/mol. The van der Waals surface area contributed by atoms with E-state index in [1.807, 2.05) is 4.90 Å². The van der Waals surface area contributed by atoms with Crippen molar-refractivity contribution in [1.29, 1.82) is 0 Å². The fourth-order valence-corrected chi connectivity index (χ4v) is 2.88. The predicted molar refractivity (Wildman–Crippen MR) is 77.5 cm³/mol. The number of anilines is 2. The summed E-state index contributed by atoms with van der Waals surface area (Å²) in [6.07, 6.45) is 2.04. The lowest BCUT2D eigenvalue weighted by Gasteiger charge is -2.36. The third kappa shape index (κ3) is 2.71. The number of hydrogen-bond acceptors (Lipinski definition) is 3. The Morgan fingerprint density at radius 3 is 2.50 bits per heavy atom. The number of carboxylic acids is 1. The van der Waals surface area contributed by atoms with Gasteiger partial charge in [-0.2, -0.15) is 0 Å². The topological polar surface area (TPSA) is 66.6 Å². The second-order valence-electron chi connectivity index (χ2n) is 5.73. The van der Waals surface area contributed by atoms with E-state index in [2.05, 4.69) is 13.8 Å². The van der Waals surface area contributed by atoms with E-state index in [1.54, 1.807) is 0 Å². The number of halogens is 1. The maximum atomic E-state index is 13.4. The van der Waals surface area contributed by atoms with Gasteiger partial charge in [0.2, 0.25) is 0 Å². The van der Waals surface area contributed by atoms with Crippen LogP contribution in [0.3, 0.4) is 0 Å². The summed E-state index contributed by atoms with van der Waals surface area (Å²) in [6, 6.07) is 2.76. The molecule has 1 aromatic rings. The number of piperidine rings is 1. The molecule has 0 amide bonds. The fraction of sp³-hybridized carbons (Fsp3) is 0.533. The van der Waals surface area contributed by atoms with Crippen molar-refractivity contribution in [3.63, 3.8) is 0 Å². The fourth-order valence-electron chi connectivity index (χ4n) is 2.88. The number of nitrogen functional groups attached to an aromatic ring is 1. The summed E-state index contributed by atoms with van der Waals surface area (Å²) in [5.41, 5.74) is 5.72. The number of nitrogens with zero attached hydrogens (tertiary/aromatic N) is 1. The minimum Gasteiger partial charge on any atom is -0.478 e. The van der Waals surface area contributed by atoms with Gasteiger partial charge >= 0.3 is 5.97 Å². The second kappa shape index (κ2) is 5.69. The van der Waals surface area contributed by atoms with Crippen LogP contribution >= 0.6 is 0 Å². The van der Waals surface area contributed by atoms with Crippen molar-refractivity contribution >= 4 is 17.3 Å². The van der Waals surface area contributed by atoms with Crippen LogP contribution in [0.1, 0.15) is 37.0 Å². The third-order valence-electron chi connectivity index (χ3n) is 4.21. The molecule has 3 N–H and O–H groups in total. The zero-order valence-electron chi connectivity index (χ0n) is 11.9. The molecule has 0 saturated carbocycles. The molecular weight excluding hydrogens is 259 g/mol. The maximum Gasteiger partial charge on any atom is 0.340 e. The molecule has 1 aromatic carbocycles. The van der Waals surface area contributed by atoms with Crippen molar-refractivity contribution in [3.05, 3.63) is 23.5 Å². The van der Waals surface area contributed by atoms with Crippen molar-refractivity contribution < 1.29 is 14.3 Å². The second-order valence-corrected chi connectivity index (χ2v) is 5.73. The number of hydrogen-bond donors (Lipinski definition) is 2. The Balaban J connectivity index is 2.26. The summed E-state index contributed by atoms with van der Waals surface area (Å²) in [5.74, 6) is -0.557. The van der Waals surface area contributed by atoms with E-state index in [0.717, 1.165) is 25.9 Å². The average molecular weight is 280 g/mol. The molecule has 4 nitrogen and oxygen atoms in total. The van der Waals surface area contributed by atoms with Crippen LogP contribution in [0.15, 0.2) is 12.1 Å². The Labute approximate surface area is 118 Å². The molecule has 0 aliphatic carbocycles. The number of benzene rings is 1. The number of rotatable bonds is 3. The van der Waals surface area contributed by atoms with Gasteiger partial charge in [0.1, 0.15) is 11.4 Å². The van der Waals surface area contributed by atoms with E-state index in [9.17, 15) is 14.3 Å². The molecule has 20 heavy (non-hydrogen) atoms. The molecule has 0 aromatic heterocycles. The lowest BCUT2D eigenvalue weighted by molar-refractivity contribution is 0.0698. The van der Waals surface area contributed by atoms with Gasteiger partial charge in [0, 0.05) is 13.1 Å². The first-order valence-electron chi connectivity index (χ1n) is 6.98. The van der Waals surface area contributed by atoms with Gasteiger partial charge in [-0.05, 0) is 36.8 Å². The Morgan fingerprint density at radius 2 is 2.00 bits per heavy atom. The molecule has 0 atom stereocenters. The first kappa shape index (κ1) is 14.6. The Hall–Kier alpha value is -1.78. The zero-order chi connectivity index (χ0) is 14.9. The van der Waals surface area contributed by atoms with Crippen molar-refractivity contribution in [2.24, 2.45) is 11.8 Å². The van der Waals surface area contributed by atoms with Gasteiger partial charge in [-0.3, -0.25) is 0 Å². The van der Waals surface area contributed by atoms with Crippen LogP contribution < -0.4 is 10.6 Å². The smallest absolute Gasteiger partial charge is 0.340 e. The highest BCUT2D eigenvalue weighted by Gasteiger charge is 2.26. The number of carbonyl (C=O) groups is 1. The summed E-state index contributed by atoms with van der Waals surface area (Å²) in [7, 11) is 0. The predicted octanol–water partition coefficient (Wildman–Crippen LogP) is 2.98. The Bertz CT molecular complexity index is 509. The van der Waals surface area contributed by atoms with Crippen LogP contribution in [0.2, 0.25) is 0 Å². The summed E-state index contributed by atoms with van der Waals surface area (Å²) in [4.78, 5) is 13.3. The van der Waals surface area contributed by atoms with Gasteiger partial charge < -0.3 is 15.7 Å². The van der Waals surface area contributed by atoms with Crippen molar-refractivity contribution in [3.8, 4) is 0 Å². The lowest BCUT2D eigenvalue weighted by Crippen LogP contribution is -2.36. The largest absolute Gasteiger partial charge is 0.478 e. The molecule has 1 heterocycles. The van der Waals surface area contributed by atoms with E-state index < -0.39 is 11.8 Å². The Kier molecular flexibility index (Phi) is 4.16. The first-order valence-corrected chi connectivity index (χ1v) is 6.98. The van der Waals surface area contributed by atoms with Crippen molar-refractivity contribution in [2.75, 3.05) is 23.7 Å². The van der Waals surface area contributed by atoms with Crippen LogP contribution in [0.4, 0.5) is 15.8 Å². The summed E-state index contributed by atoms with van der Waals surface area (Å²) in [6.45, 7) is 5.99. The molecule has 5 heteroatoms. The minimum atomic E-state index is -1.18. The highest BCUT2D eigenvalue weighted by Crippen LogP contribution is 2.32. The van der Waals surface area contributed by atoms with Crippen molar-refractivity contribution in [2.45, 2.75) is 26.7 Å². The van der Waals surface area contributed by atoms with E-state index >= 15 is 0 Å². The Morgan fingerprint density at radius 1 is 1.40 bits per heavy atom. The van der Waals surface area contributed by atoms with Crippen LogP contribution in [0.25, 0.3) is 0 Å². The lowest BCUT2D eigenvalue weighted by atomic mass is 9.86. The first-order chi connectivity index (χ1) is 9.41. The third-order valence-corrected chi connectivity index (χ3v) is 4.21. The summed E-state index contributed by atoms with van der Waals surface area (Å²) >= 11 is 0. The van der Waals surface area contributed by atoms with Crippen LogP contribution in [0, 0.1) is 17.7 Å². The summed E-state index contributed by atoms with van der Waals surface area (Å²) < 4.78 is 13.4. The highest BCUT2D eigenvalue weighted by atomic mass is 19.1. The molecule has 0 bridgehead atoms. The number of carboxylic acid groups (broad SMARTS) is 1. The van der Waals surface area contributed by atoms with Crippen LogP contribution in [-0.2, 0) is 0 Å². The van der Waals surface area contributed by atoms with E-state index in [-0.39, 0.29) is 11.3 Å². The molecule has 110 valence electrons. The van der Waals surface area contributed by atoms with E-state index in [4.69, 9.17) is 5.73 Å². The molecule has 1 aliphatic rings. The zero-order valence-corrected chi connectivity index (χ0v) is 11.9. The van der Waals surface area contributed by atoms with E-state index in [0.29, 0.717) is 17.5 Å². The highest BCUT2D eigenvalue weighted by molar-refractivity contribution is 6.00. The molecular formula is C15H21FN2O2. The molecule has 0 unspecified atom stereocenters. The van der Waals surface area contributed by atoms with Gasteiger partial charge in [0.25, 0.3) is 0 Å². The molecule has 2 rings (SSSR count). The number of aromatic carboxylic acids is 1. The quantitative estimate of drug-likeness (QED) is 0.835. The number of nitrogens with two attached hydrogens (primary N) is 1. The standard InChI is InChI=1S/C15H21FN2O2/c1-9(2)10-5-7-18(8-6-10)12-4-3-11(16)14(17)13(12)15(19)20/h3-4,9-10H,5-8,17H2,1-2H3,(H,19,20). The van der Waals surface area contributed by atoms with Gasteiger partial charge in [-0.25, -0.2) is 9.18 Å². The van der Waals surface area contributed by atoms with Gasteiger partial charge in [-0.15, -0.1) is 0 Å². The van der Waals surface area contributed by atoms with Gasteiger partial charge in [-0.1, -0.05) is 13.8 Å². The normalized spacial score (nSPS) is 16.7. The van der Waals surface area contributed by atoms with E-state index in [1.165, 1.54) is 12.1 Å². The molecule has 0 radical (unpaired) electrons. The van der Waals surface area contributed by atoms with Gasteiger partial charge in [0.15, 0.2) is 0 Å². The molecule has 1 aliphatic heterocycles. The van der Waals surface area contributed by atoms with Crippen molar-refractivity contribution in [1.82, 2.24) is 0 Å². The average Bonchev–Trinajstić information content (AvgIpc) is 2.41. The molecule has 0 spiro atoms. The SMILES string of the molecule is CC(C)C1CCN(c2ccc(F)c(N)c2C(=O)O)CC1. The van der Waals surface area contributed by atoms with Crippen LogP contribution in [0.5, 0.6) is 0 Å². The van der Waals surface area contributed by atoms with Crippen LogP contribution in [-0.4, -0.2) is 24.2 Å². The minimum absolute atomic E-state index is 0.118. The summed E-state index contributed by atoms with van der Waals surface area (Å²) in [5, 5.41) is 9.27.